The monoisotopic (exact) mass is 242 g/mol. The number of ether oxygens (including phenoxy) is 1. The molecule has 1 heteroatoms. The zero-order valence-electron chi connectivity index (χ0n) is 11.1. The highest BCUT2D eigenvalue weighted by atomic mass is 16.5. The highest BCUT2D eigenvalue weighted by molar-refractivity contribution is 5.31. The van der Waals surface area contributed by atoms with Crippen molar-refractivity contribution in [1.29, 1.82) is 0 Å². The van der Waals surface area contributed by atoms with Gasteiger partial charge in [0.05, 0.1) is 6.10 Å². The first kappa shape index (κ1) is 13.1. The number of allylic oxidation sites excluding steroid dienone is 2. The summed E-state index contributed by atoms with van der Waals surface area (Å²) in [5.74, 6) is 0. The van der Waals surface area contributed by atoms with E-state index in [4.69, 9.17) is 4.74 Å². The number of benzene rings is 1. The lowest BCUT2D eigenvalue weighted by atomic mass is 10.0. The highest BCUT2D eigenvalue weighted by Crippen LogP contribution is 2.20. The van der Waals surface area contributed by atoms with Crippen molar-refractivity contribution >= 4 is 0 Å². The molecule has 1 nitrogen and oxygen atoms in total. The summed E-state index contributed by atoms with van der Waals surface area (Å²) >= 11 is 0. The Morgan fingerprint density at radius 1 is 1.22 bits per heavy atom. The van der Waals surface area contributed by atoms with Crippen LogP contribution in [0.25, 0.3) is 0 Å². The fourth-order valence-corrected chi connectivity index (χ4v) is 2.19. The van der Waals surface area contributed by atoms with Gasteiger partial charge in [-0.2, -0.15) is 0 Å². The third-order valence-corrected chi connectivity index (χ3v) is 3.25. The second-order valence-electron chi connectivity index (χ2n) is 4.74. The van der Waals surface area contributed by atoms with Crippen molar-refractivity contribution in [1.82, 2.24) is 0 Å². The number of hydrogen-bond donors (Lipinski definition) is 0. The molecule has 1 aromatic carbocycles. The van der Waals surface area contributed by atoms with E-state index in [1.807, 2.05) is 0 Å². The van der Waals surface area contributed by atoms with Gasteiger partial charge in [-0.1, -0.05) is 61.9 Å². The molecular weight excluding hydrogens is 220 g/mol. The van der Waals surface area contributed by atoms with E-state index in [1.54, 1.807) is 0 Å². The molecule has 0 aromatic heterocycles. The van der Waals surface area contributed by atoms with Crippen molar-refractivity contribution < 1.29 is 4.74 Å². The van der Waals surface area contributed by atoms with Crippen LogP contribution in [0.4, 0.5) is 0 Å². The first-order valence-electron chi connectivity index (χ1n) is 6.92. The Kier molecular flexibility index (Phi) is 5.22. The Bertz CT molecular complexity index is 403. The first-order valence-corrected chi connectivity index (χ1v) is 6.92. The molecule has 0 saturated heterocycles. The van der Waals surface area contributed by atoms with E-state index >= 15 is 0 Å². The Labute approximate surface area is 110 Å². The quantitative estimate of drug-likeness (QED) is 0.648. The van der Waals surface area contributed by atoms with Gasteiger partial charge < -0.3 is 4.74 Å². The van der Waals surface area contributed by atoms with Crippen molar-refractivity contribution in [3.63, 3.8) is 0 Å². The molecule has 0 heterocycles. The van der Waals surface area contributed by atoms with Gasteiger partial charge in [0.25, 0.3) is 0 Å². The van der Waals surface area contributed by atoms with Crippen molar-refractivity contribution in [3.8, 4) is 0 Å². The largest absolute Gasteiger partial charge is 0.373 e. The maximum atomic E-state index is 6.05. The lowest BCUT2D eigenvalue weighted by molar-refractivity contribution is 0.0778. The maximum absolute atomic E-state index is 6.05. The van der Waals surface area contributed by atoms with Gasteiger partial charge in [0.1, 0.15) is 0 Å². The Morgan fingerprint density at radius 3 is 2.72 bits per heavy atom. The van der Waals surface area contributed by atoms with Crippen molar-refractivity contribution in [3.05, 3.63) is 59.7 Å². The van der Waals surface area contributed by atoms with Crippen LogP contribution >= 0.6 is 0 Å². The Morgan fingerprint density at radius 2 is 2.06 bits per heavy atom. The average Bonchev–Trinajstić information content (AvgIpc) is 2.93. The predicted octanol–water partition coefficient (Wildman–Crippen LogP) is 4.30. The standard InChI is InChI=1S/C17H22O/c1-2-3-13-18-17(16-11-7-8-12-16)14-15-9-5-4-6-10-15/h4-7,9-12,17H,2-3,8,13-14H2,1H3. The second kappa shape index (κ2) is 7.17. The molecule has 18 heavy (non-hydrogen) atoms. The summed E-state index contributed by atoms with van der Waals surface area (Å²) in [5, 5.41) is 0. The van der Waals surface area contributed by atoms with Gasteiger partial charge in [0, 0.05) is 13.0 Å². The van der Waals surface area contributed by atoms with Crippen LogP contribution < -0.4 is 0 Å². The van der Waals surface area contributed by atoms with Crippen LogP contribution in [0.15, 0.2) is 54.1 Å². The maximum Gasteiger partial charge on any atom is 0.0862 e. The molecule has 1 aliphatic rings. The summed E-state index contributed by atoms with van der Waals surface area (Å²) < 4.78 is 6.05. The molecule has 0 saturated carbocycles. The molecule has 1 atom stereocenters. The van der Waals surface area contributed by atoms with Crippen LogP contribution in [0, 0.1) is 0 Å². The normalized spacial score (nSPS) is 15.7. The first-order chi connectivity index (χ1) is 8.90. The van der Waals surface area contributed by atoms with Crippen LogP contribution in [-0.4, -0.2) is 12.7 Å². The van der Waals surface area contributed by atoms with E-state index in [0.29, 0.717) is 0 Å². The summed E-state index contributed by atoms with van der Waals surface area (Å²) in [4.78, 5) is 0. The summed E-state index contributed by atoms with van der Waals surface area (Å²) in [6.45, 7) is 3.06. The van der Waals surface area contributed by atoms with Crippen LogP contribution in [0.3, 0.4) is 0 Å². The molecular formula is C17H22O. The minimum Gasteiger partial charge on any atom is -0.373 e. The van der Waals surface area contributed by atoms with Gasteiger partial charge in [-0.15, -0.1) is 0 Å². The predicted molar refractivity (Wildman–Crippen MR) is 76.6 cm³/mol. The van der Waals surface area contributed by atoms with Gasteiger partial charge in [-0.25, -0.2) is 0 Å². The van der Waals surface area contributed by atoms with Crippen molar-refractivity contribution in [2.45, 2.75) is 38.7 Å². The summed E-state index contributed by atoms with van der Waals surface area (Å²) in [6.07, 6.45) is 11.3. The lowest BCUT2D eigenvalue weighted by Crippen LogP contribution is -2.18. The SMILES string of the molecule is CCCCOC(Cc1ccccc1)C1=CCC=C1. The van der Waals surface area contributed by atoms with Crippen molar-refractivity contribution in [2.75, 3.05) is 6.61 Å². The number of rotatable bonds is 7. The molecule has 0 spiro atoms. The minimum absolute atomic E-state index is 0.220. The van der Waals surface area contributed by atoms with E-state index < -0.39 is 0 Å². The van der Waals surface area contributed by atoms with E-state index in [-0.39, 0.29) is 6.10 Å². The molecule has 0 fully saturated rings. The molecule has 0 N–H and O–H groups in total. The van der Waals surface area contributed by atoms with Crippen LogP contribution in [0.5, 0.6) is 0 Å². The third-order valence-electron chi connectivity index (χ3n) is 3.25. The van der Waals surface area contributed by atoms with Gasteiger partial charge in [-0.3, -0.25) is 0 Å². The topological polar surface area (TPSA) is 9.23 Å². The molecule has 1 aromatic rings. The minimum atomic E-state index is 0.220. The van der Waals surface area contributed by atoms with Gasteiger partial charge >= 0.3 is 0 Å². The van der Waals surface area contributed by atoms with E-state index in [0.717, 1.165) is 25.9 Å². The Hall–Kier alpha value is -1.34. The van der Waals surface area contributed by atoms with Crippen LogP contribution in [0.2, 0.25) is 0 Å². The molecule has 2 rings (SSSR count). The fraction of sp³-hybridized carbons (Fsp3) is 0.412. The molecule has 96 valence electrons. The molecule has 1 aliphatic carbocycles. The van der Waals surface area contributed by atoms with E-state index in [9.17, 15) is 0 Å². The number of hydrogen-bond acceptors (Lipinski definition) is 1. The third kappa shape index (κ3) is 3.85. The molecule has 0 amide bonds. The number of unbranched alkanes of at least 4 members (excludes halogenated alkanes) is 1. The lowest BCUT2D eigenvalue weighted by Gasteiger charge is -2.18. The zero-order chi connectivity index (χ0) is 12.6. The molecule has 0 aliphatic heterocycles. The zero-order valence-corrected chi connectivity index (χ0v) is 11.1. The van der Waals surface area contributed by atoms with Gasteiger partial charge in [0.15, 0.2) is 0 Å². The Balaban J connectivity index is 1.98. The summed E-state index contributed by atoms with van der Waals surface area (Å²) in [6, 6.07) is 10.6. The molecule has 1 unspecified atom stereocenters. The van der Waals surface area contributed by atoms with Crippen molar-refractivity contribution in [2.24, 2.45) is 0 Å². The van der Waals surface area contributed by atoms with E-state index in [2.05, 4.69) is 55.5 Å². The summed E-state index contributed by atoms with van der Waals surface area (Å²) in [7, 11) is 0. The summed E-state index contributed by atoms with van der Waals surface area (Å²) in [5.41, 5.74) is 2.69. The second-order valence-corrected chi connectivity index (χ2v) is 4.74. The van der Waals surface area contributed by atoms with Crippen LogP contribution in [0.1, 0.15) is 31.7 Å². The van der Waals surface area contributed by atoms with Gasteiger partial charge in [-0.05, 0) is 24.0 Å². The van der Waals surface area contributed by atoms with Crippen LogP contribution in [-0.2, 0) is 11.2 Å². The molecule has 0 bridgehead atoms. The van der Waals surface area contributed by atoms with E-state index in [1.165, 1.54) is 17.6 Å². The highest BCUT2D eigenvalue weighted by Gasteiger charge is 2.15. The smallest absolute Gasteiger partial charge is 0.0862 e. The van der Waals surface area contributed by atoms with Gasteiger partial charge in [0.2, 0.25) is 0 Å². The average molecular weight is 242 g/mol. The molecule has 0 radical (unpaired) electrons. The fourth-order valence-electron chi connectivity index (χ4n) is 2.19.